The van der Waals surface area contributed by atoms with Gasteiger partial charge in [-0.3, -0.25) is 9.59 Å². The van der Waals surface area contributed by atoms with E-state index in [0.717, 1.165) is 19.3 Å². The molecule has 3 unspecified atom stereocenters. The molecule has 10 heteroatoms. The van der Waals surface area contributed by atoms with Crippen LogP contribution in [0.15, 0.2) is 23.1 Å². The van der Waals surface area contributed by atoms with Crippen LogP contribution in [0.25, 0.3) is 0 Å². The third-order valence-corrected chi connectivity index (χ3v) is 8.93. The smallest absolute Gasteiger partial charge is 0.309 e. The molecule has 1 aromatic rings. The predicted octanol–water partition coefficient (Wildman–Crippen LogP) is 2.49. The number of hydrogen-bond donors (Lipinski definition) is 1. The van der Waals surface area contributed by atoms with Crippen LogP contribution in [0.2, 0.25) is 0 Å². The van der Waals surface area contributed by atoms with Gasteiger partial charge in [-0.2, -0.15) is 4.31 Å². The lowest BCUT2D eigenvalue weighted by Crippen LogP contribution is -2.47. The molecule has 34 heavy (non-hydrogen) atoms. The summed E-state index contributed by atoms with van der Waals surface area (Å²) in [5.74, 6) is 0.210. The zero-order valence-electron chi connectivity index (χ0n) is 19.8. The SMILES string of the molecule is CC(OC(=O)C1CCN(S(=O)(=O)c2ccc3c(c2)OCCO3)CC1)C(=O)NC1CCCCC1C. The van der Waals surface area contributed by atoms with Crippen LogP contribution in [0.4, 0.5) is 0 Å². The van der Waals surface area contributed by atoms with Crippen molar-refractivity contribution in [2.75, 3.05) is 26.3 Å². The Balaban J connectivity index is 1.29. The van der Waals surface area contributed by atoms with Crippen molar-refractivity contribution in [3.8, 4) is 11.5 Å². The van der Waals surface area contributed by atoms with Crippen LogP contribution in [-0.4, -0.2) is 63.0 Å². The Morgan fingerprint density at radius 1 is 1.06 bits per heavy atom. The number of rotatable bonds is 6. The van der Waals surface area contributed by atoms with Gasteiger partial charge >= 0.3 is 5.97 Å². The van der Waals surface area contributed by atoms with Crippen molar-refractivity contribution >= 4 is 21.9 Å². The molecule has 1 amide bonds. The van der Waals surface area contributed by atoms with E-state index in [2.05, 4.69) is 12.2 Å². The van der Waals surface area contributed by atoms with Crippen LogP contribution in [0.5, 0.6) is 11.5 Å². The Morgan fingerprint density at radius 3 is 2.44 bits per heavy atom. The summed E-state index contributed by atoms with van der Waals surface area (Å²) in [5, 5.41) is 3.02. The van der Waals surface area contributed by atoms with E-state index in [4.69, 9.17) is 14.2 Å². The van der Waals surface area contributed by atoms with Crippen molar-refractivity contribution in [2.24, 2.45) is 11.8 Å². The van der Waals surface area contributed by atoms with Crippen molar-refractivity contribution in [3.05, 3.63) is 18.2 Å². The first-order valence-corrected chi connectivity index (χ1v) is 13.6. The Hall–Kier alpha value is -2.33. The van der Waals surface area contributed by atoms with Gasteiger partial charge in [-0.1, -0.05) is 19.8 Å². The lowest BCUT2D eigenvalue weighted by Gasteiger charge is -2.32. The van der Waals surface area contributed by atoms with Crippen LogP contribution in [0, 0.1) is 11.8 Å². The van der Waals surface area contributed by atoms with Gasteiger partial charge in [-0.05, 0) is 50.7 Å². The highest BCUT2D eigenvalue weighted by Gasteiger charge is 2.35. The predicted molar refractivity (Wildman–Crippen MR) is 124 cm³/mol. The number of amides is 1. The maximum Gasteiger partial charge on any atom is 0.309 e. The van der Waals surface area contributed by atoms with Crippen LogP contribution in [0.3, 0.4) is 0 Å². The first-order valence-electron chi connectivity index (χ1n) is 12.2. The lowest BCUT2D eigenvalue weighted by molar-refractivity contribution is -0.160. The number of nitrogens with zero attached hydrogens (tertiary/aromatic N) is 1. The fourth-order valence-electron chi connectivity index (χ4n) is 4.82. The summed E-state index contributed by atoms with van der Waals surface area (Å²) in [6, 6.07) is 4.72. The number of piperidine rings is 1. The van der Waals surface area contributed by atoms with Gasteiger partial charge in [0.2, 0.25) is 10.0 Å². The fourth-order valence-corrected chi connectivity index (χ4v) is 6.31. The third-order valence-electron chi connectivity index (χ3n) is 7.04. The number of ether oxygens (including phenoxy) is 3. The van der Waals surface area contributed by atoms with Crippen LogP contribution in [0.1, 0.15) is 52.4 Å². The number of hydrogen-bond acceptors (Lipinski definition) is 7. The molecule has 2 aliphatic heterocycles. The number of carbonyl (C=O) groups excluding carboxylic acids is 2. The quantitative estimate of drug-likeness (QED) is 0.605. The summed E-state index contributed by atoms with van der Waals surface area (Å²) in [5.41, 5.74) is 0. The molecule has 3 aliphatic rings. The third kappa shape index (κ3) is 5.49. The molecule has 1 aromatic carbocycles. The number of fused-ring (bicyclic) bond motifs is 1. The maximum atomic E-state index is 13.1. The molecular formula is C24H34N2O7S. The minimum atomic E-state index is -3.72. The van der Waals surface area contributed by atoms with Gasteiger partial charge in [0.05, 0.1) is 10.8 Å². The molecular weight excluding hydrogens is 460 g/mol. The molecule has 2 fully saturated rings. The second kappa shape index (κ2) is 10.5. The standard InChI is InChI=1S/C24H34N2O7S/c1-16-5-3-4-6-20(16)25-23(27)17(2)33-24(28)18-9-11-26(12-10-18)34(29,30)19-7-8-21-22(15-19)32-14-13-31-21/h7-8,15-18,20H,3-6,9-14H2,1-2H3,(H,25,27). The van der Waals surface area contributed by atoms with E-state index in [9.17, 15) is 18.0 Å². The second-order valence-corrected chi connectivity index (χ2v) is 11.4. The molecule has 1 N–H and O–H groups in total. The first-order chi connectivity index (χ1) is 16.3. The van der Waals surface area contributed by atoms with Crippen molar-refractivity contribution in [1.29, 1.82) is 0 Å². The summed E-state index contributed by atoms with van der Waals surface area (Å²) in [6.07, 6.45) is 4.13. The molecule has 4 rings (SSSR count). The summed E-state index contributed by atoms with van der Waals surface area (Å²) in [6.45, 7) is 4.94. The summed E-state index contributed by atoms with van der Waals surface area (Å²) in [7, 11) is -3.72. The summed E-state index contributed by atoms with van der Waals surface area (Å²) >= 11 is 0. The lowest BCUT2D eigenvalue weighted by atomic mass is 9.86. The fraction of sp³-hybridized carbons (Fsp3) is 0.667. The van der Waals surface area contributed by atoms with E-state index in [1.54, 1.807) is 13.0 Å². The van der Waals surface area contributed by atoms with Crippen LogP contribution >= 0.6 is 0 Å². The van der Waals surface area contributed by atoms with Crippen molar-refractivity contribution in [1.82, 2.24) is 9.62 Å². The van der Waals surface area contributed by atoms with Crippen molar-refractivity contribution in [2.45, 2.75) is 69.4 Å². The average Bonchev–Trinajstić information content (AvgIpc) is 2.85. The summed E-state index contributed by atoms with van der Waals surface area (Å²) < 4.78 is 44.0. The molecule has 0 aromatic heterocycles. The molecule has 3 atom stereocenters. The van der Waals surface area contributed by atoms with E-state index in [0.29, 0.717) is 43.5 Å². The highest BCUT2D eigenvalue weighted by Crippen LogP contribution is 2.34. The van der Waals surface area contributed by atoms with Crippen molar-refractivity contribution < 1.29 is 32.2 Å². The van der Waals surface area contributed by atoms with E-state index in [1.165, 1.54) is 22.9 Å². The molecule has 1 aliphatic carbocycles. The number of sulfonamides is 1. The van der Waals surface area contributed by atoms with Gasteiger partial charge in [0, 0.05) is 25.2 Å². The Kier molecular flexibility index (Phi) is 7.67. The Labute approximate surface area is 201 Å². The molecule has 9 nitrogen and oxygen atoms in total. The Bertz CT molecular complexity index is 1000. The molecule has 188 valence electrons. The van der Waals surface area contributed by atoms with E-state index in [1.807, 2.05) is 0 Å². The number of benzene rings is 1. The van der Waals surface area contributed by atoms with Gasteiger partial charge < -0.3 is 19.5 Å². The van der Waals surface area contributed by atoms with Gasteiger partial charge in [0.1, 0.15) is 13.2 Å². The number of esters is 1. The number of carbonyl (C=O) groups is 2. The first kappa shape index (κ1) is 24.8. The van der Waals surface area contributed by atoms with Crippen molar-refractivity contribution in [3.63, 3.8) is 0 Å². The number of nitrogens with one attached hydrogen (secondary N) is 1. The van der Waals surface area contributed by atoms with E-state index >= 15 is 0 Å². The maximum absolute atomic E-state index is 13.1. The molecule has 0 spiro atoms. The Morgan fingerprint density at radius 2 is 1.74 bits per heavy atom. The average molecular weight is 495 g/mol. The van der Waals surface area contributed by atoms with Crippen LogP contribution in [-0.2, 0) is 24.3 Å². The molecule has 0 radical (unpaired) electrons. The minimum Gasteiger partial charge on any atom is -0.486 e. The highest BCUT2D eigenvalue weighted by molar-refractivity contribution is 7.89. The van der Waals surface area contributed by atoms with Gasteiger partial charge in [-0.25, -0.2) is 8.42 Å². The largest absolute Gasteiger partial charge is 0.486 e. The molecule has 2 heterocycles. The molecule has 1 saturated carbocycles. The minimum absolute atomic E-state index is 0.122. The molecule has 1 saturated heterocycles. The van der Waals surface area contributed by atoms with Gasteiger partial charge in [-0.15, -0.1) is 0 Å². The second-order valence-electron chi connectivity index (χ2n) is 9.44. The summed E-state index contributed by atoms with van der Waals surface area (Å²) in [4.78, 5) is 25.3. The zero-order valence-corrected chi connectivity index (χ0v) is 20.6. The zero-order chi connectivity index (χ0) is 24.3. The normalized spacial score (nSPS) is 24.8. The van der Waals surface area contributed by atoms with Gasteiger partial charge in [0.15, 0.2) is 17.6 Å². The molecule has 0 bridgehead atoms. The monoisotopic (exact) mass is 494 g/mol. The highest BCUT2D eigenvalue weighted by atomic mass is 32.2. The van der Waals surface area contributed by atoms with E-state index in [-0.39, 0.29) is 29.9 Å². The topological polar surface area (TPSA) is 111 Å². The van der Waals surface area contributed by atoms with E-state index < -0.39 is 28.0 Å². The van der Waals surface area contributed by atoms with Gasteiger partial charge in [0.25, 0.3) is 5.91 Å². The van der Waals surface area contributed by atoms with Crippen LogP contribution < -0.4 is 14.8 Å².